The Morgan fingerprint density at radius 1 is 1.08 bits per heavy atom. The number of alkyl halides is 2. The van der Waals surface area contributed by atoms with Gasteiger partial charge in [0.25, 0.3) is 11.2 Å². The summed E-state index contributed by atoms with van der Waals surface area (Å²) in [7, 11) is -6.08. The first-order valence-corrected chi connectivity index (χ1v) is 13.7. The van der Waals surface area contributed by atoms with E-state index < -0.39 is 57.8 Å². The molecule has 0 radical (unpaired) electrons. The number of hydrogen-bond acceptors (Lipinski definition) is 8. The smallest absolute Gasteiger partial charge is 0.309 e. The first-order chi connectivity index (χ1) is 16.3. The van der Waals surface area contributed by atoms with Gasteiger partial charge in [-0.05, 0) is 39.0 Å². The van der Waals surface area contributed by atoms with Crippen LogP contribution in [-0.2, 0) is 34.0 Å². The van der Waals surface area contributed by atoms with Crippen molar-refractivity contribution >= 4 is 28.0 Å². The van der Waals surface area contributed by atoms with Gasteiger partial charge in [-0.2, -0.15) is 0 Å². The summed E-state index contributed by atoms with van der Waals surface area (Å²) in [6, 6.07) is -0.649. The molecule has 4 fully saturated rings. The predicted molar refractivity (Wildman–Crippen MR) is 115 cm³/mol. The van der Waals surface area contributed by atoms with Gasteiger partial charge in [0.05, 0.1) is 23.8 Å². The topological polar surface area (TPSA) is 130 Å². The monoisotopic (exact) mass is 786 g/mol. The van der Waals surface area contributed by atoms with Gasteiger partial charge in [-0.25, -0.2) is 17.2 Å². The van der Waals surface area contributed by atoms with Crippen LogP contribution < -0.4 is 0 Å². The van der Waals surface area contributed by atoms with Gasteiger partial charge in [0.1, 0.15) is 16.2 Å². The Labute approximate surface area is 203 Å². The third kappa shape index (κ3) is 4.65. The van der Waals surface area contributed by atoms with E-state index in [2.05, 4.69) is 4.74 Å². The Hall–Kier alpha value is -2.82. The van der Waals surface area contributed by atoms with E-state index in [0.29, 0.717) is 19.3 Å². The number of hydrogen-bond donors (Lipinski definition) is 0. The maximum atomic E-state index is 13.5. The number of ether oxygens (including phenoxy) is 2. The number of esters is 2. The van der Waals surface area contributed by atoms with Crippen molar-refractivity contribution in [3.63, 3.8) is 0 Å². The maximum Gasteiger partial charge on any atom is 0.309 e. The van der Waals surface area contributed by atoms with Crippen LogP contribution >= 0.6 is 0 Å². The summed E-state index contributed by atoms with van der Waals surface area (Å²) in [5.74, 6) is -5.15. The van der Waals surface area contributed by atoms with Gasteiger partial charge in [-0.15, -0.1) is 0 Å². The van der Waals surface area contributed by atoms with Crippen molar-refractivity contribution in [1.82, 2.24) is 4.90 Å². The summed E-state index contributed by atoms with van der Waals surface area (Å²) in [6.07, 6.45) is 6.07. The molecule has 0 spiro atoms. The first-order valence-electron chi connectivity index (χ1n) is 12.3. The van der Waals surface area contributed by atoms with E-state index >= 15 is 0 Å². The fourth-order valence-electron chi connectivity index (χ4n) is 6.61. The summed E-state index contributed by atoms with van der Waals surface area (Å²) >= 11 is 0. The molecule has 6 unspecified atom stereocenters. The molecule has 1 saturated heterocycles. The second-order valence-electron chi connectivity index (χ2n) is 10.5. The van der Waals surface area contributed by atoms with Crippen LogP contribution in [0.2, 0.25) is 0 Å². The molecular weight excluding hydrogens is 755 g/mol. The van der Waals surface area contributed by atoms with Crippen LogP contribution in [0.25, 0.3) is 0 Å². The third-order valence-corrected chi connectivity index (χ3v) is 8.84. The Kier molecular flexibility index (Phi) is 7.64. The van der Waals surface area contributed by atoms with Crippen LogP contribution in [0.5, 0.6) is 0 Å². The molecule has 3 saturated carbocycles. The van der Waals surface area contributed by atoms with Crippen molar-refractivity contribution < 1.29 is 45.6 Å². The number of likely N-dealkylation sites (tertiary alicyclic amines) is 1. The zero-order valence-electron chi connectivity index (χ0n) is 20.4. The molecular formula is C23H31F2NO8RfS-2. The predicted octanol–water partition coefficient (Wildman–Crippen LogP) is 2.60. The molecule has 6 atom stereocenters. The Morgan fingerprint density at radius 3 is 2.22 bits per heavy atom. The summed E-state index contributed by atoms with van der Waals surface area (Å²) in [6.45, 7) is 3.03. The molecule has 36 heavy (non-hydrogen) atoms. The minimum absolute atomic E-state index is 0. The molecule has 1 aliphatic heterocycles. The molecule has 1 heterocycles. The van der Waals surface area contributed by atoms with Crippen molar-refractivity contribution in [3.8, 4) is 0 Å². The van der Waals surface area contributed by atoms with E-state index in [1.165, 1.54) is 0 Å². The zero-order chi connectivity index (χ0) is 25.7. The second-order valence-corrected chi connectivity index (χ2v) is 11.9. The normalized spacial score (nSPS) is 32.7. The number of carbonyl (C=O) groups excluding carboxylic acids is 3. The van der Waals surface area contributed by atoms with E-state index in [-0.39, 0.29) is 29.8 Å². The van der Waals surface area contributed by atoms with Gasteiger partial charge >= 0.3 is 5.97 Å². The molecule has 4 rings (SSSR count). The fourth-order valence-corrected chi connectivity index (χ4v) is 6.78. The quantitative estimate of drug-likeness (QED) is 0.219. The van der Waals surface area contributed by atoms with Crippen molar-refractivity contribution in [2.45, 2.75) is 88.7 Å². The van der Waals surface area contributed by atoms with Crippen LogP contribution in [0, 0.1) is 36.2 Å². The molecule has 13 heteroatoms. The standard InChI is InChI=1S/C23H32F2NO8S.Rf/c1-12(2)26-18-14-10-15(19(18)34-21(28)13-8-6-4-3-5-7-9-13)17(16(14)20(26)27)22(29)33-11-23(24,25)35(30,31)32;/h11-19H,3-10H2,1-2H3,(H,30,31,32);/q-1;/p-1. The minimum Gasteiger partial charge on any atom is -0.746 e. The Morgan fingerprint density at radius 2 is 1.67 bits per heavy atom. The summed E-state index contributed by atoms with van der Waals surface area (Å²) in [5, 5.41) is -4.91. The van der Waals surface area contributed by atoms with E-state index in [9.17, 15) is 36.1 Å². The van der Waals surface area contributed by atoms with Gasteiger partial charge in [0, 0.05) is 12.0 Å². The summed E-state index contributed by atoms with van der Waals surface area (Å²) < 4.78 is 69.7. The fraction of sp³-hybridized carbons (Fsp3) is 0.826. The van der Waals surface area contributed by atoms with Crippen LogP contribution in [0.1, 0.15) is 65.2 Å². The van der Waals surface area contributed by atoms with Crippen molar-refractivity contribution in [3.05, 3.63) is 6.61 Å². The molecule has 200 valence electrons. The molecule has 9 nitrogen and oxygen atoms in total. The van der Waals surface area contributed by atoms with E-state index in [4.69, 9.17) is 4.74 Å². The molecule has 0 aromatic carbocycles. The molecule has 2 bridgehead atoms. The van der Waals surface area contributed by atoms with Gasteiger partial charge < -0.3 is 18.9 Å². The molecule has 3 aliphatic carbocycles. The van der Waals surface area contributed by atoms with Gasteiger partial charge in [0.2, 0.25) is 5.91 Å². The van der Waals surface area contributed by atoms with E-state index in [0.717, 1.165) is 32.1 Å². The Bertz CT molecular complexity index is 969. The molecule has 0 aromatic rings. The summed E-state index contributed by atoms with van der Waals surface area (Å²) in [5.41, 5.74) is 0. The van der Waals surface area contributed by atoms with Gasteiger partial charge in [0.15, 0.2) is 0 Å². The molecule has 0 aromatic heterocycles. The number of carbonyl (C=O) groups is 3. The van der Waals surface area contributed by atoms with Crippen molar-refractivity contribution in [1.29, 1.82) is 0 Å². The van der Waals surface area contributed by atoms with E-state index in [1.807, 2.05) is 13.8 Å². The van der Waals surface area contributed by atoms with Crippen molar-refractivity contribution in [2.75, 3.05) is 0 Å². The number of rotatable bonds is 7. The Balaban J connectivity index is 0.00000361. The van der Waals surface area contributed by atoms with Crippen LogP contribution in [0.15, 0.2) is 0 Å². The SMILES string of the molecule is CC(C)N1C(=O)C2C3CC(C(OC(=O)C4CCCCCCC4)C31)C2C(=O)O[CH-]C(F)(F)S(=O)(=O)[O-].[Rf]. The van der Waals surface area contributed by atoms with Crippen LogP contribution in [-0.4, -0.2) is 59.2 Å². The average Bonchev–Trinajstić information content (AvgIpc) is 3.33. The number of amides is 1. The van der Waals surface area contributed by atoms with Crippen LogP contribution in [0.3, 0.4) is 0 Å². The summed E-state index contributed by atoms with van der Waals surface area (Å²) in [4.78, 5) is 40.8. The largest absolute Gasteiger partial charge is 0.746 e. The number of fused-ring (bicyclic) bond motifs is 1. The van der Waals surface area contributed by atoms with Crippen LogP contribution in [0.4, 0.5) is 8.78 Å². The molecule has 1 amide bonds. The minimum atomic E-state index is -6.08. The van der Waals surface area contributed by atoms with Gasteiger partial charge in [-0.3, -0.25) is 14.4 Å². The molecule has 0 N–H and O–H groups in total. The van der Waals surface area contributed by atoms with E-state index in [1.54, 1.807) is 4.90 Å². The molecule has 4 aliphatic rings. The van der Waals surface area contributed by atoms with Crippen molar-refractivity contribution in [2.24, 2.45) is 29.6 Å². The van der Waals surface area contributed by atoms with Gasteiger partial charge in [-0.1, -0.05) is 38.7 Å². The average molecular weight is 787 g/mol. The first kappa shape index (κ1) is 27.8. The number of nitrogens with zero attached hydrogens (tertiary/aromatic N) is 1. The number of halogens is 2. The maximum absolute atomic E-state index is 13.5. The third-order valence-electron chi connectivity index (χ3n) is 8.08. The zero-order valence-corrected chi connectivity index (χ0v) is 27.7. The second kappa shape index (κ2) is 9.91.